The highest BCUT2D eigenvalue weighted by atomic mass is 16.1. The summed E-state index contributed by atoms with van der Waals surface area (Å²) in [6, 6.07) is 3.82. The first kappa shape index (κ1) is 9.00. The number of rotatable bonds is 3. The maximum absolute atomic E-state index is 10.5. The molecule has 0 spiro atoms. The van der Waals surface area contributed by atoms with Crippen molar-refractivity contribution in [3.63, 3.8) is 0 Å². The summed E-state index contributed by atoms with van der Waals surface area (Å²) in [6.07, 6.45) is 0.874. The fourth-order valence-corrected chi connectivity index (χ4v) is 1.17. The quantitative estimate of drug-likeness (QED) is 0.623. The minimum absolute atomic E-state index is 0.729. The number of carbonyl (C=O) groups is 1. The highest BCUT2D eigenvalue weighted by molar-refractivity contribution is 5.72. The first-order chi connectivity index (χ1) is 5.65. The van der Waals surface area contributed by atoms with Gasteiger partial charge in [0.15, 0.2) is 6.29 Å². The number of aromatic nitrogens is 1. The van der Waals surface area contributed by atoms with Gasteiger partial charge >= 0.3 is 0 Å². The van der Waals surface area contributed by atoms with E-state index in [1.165, 1.54) is 0 Å². The first-order valence-corrected chi connectivity index (χ1v) is 3.89. The van der Waals surface area contributed by atoms with Gasteiger partial charge in [-0.05, 0) is 26.2 Å². The van der Waals surface area contributed by atoms with Crippen LogP contribution >= 0.6 is 0 Å². The highest BCUT2D eigenvalue weighted by Crippen LogP contribution is 2.06. The molecule has 1 heterocycles. The summed E-state index contributed by atoms with van der Waals surface area (Å²) < 4.78 is 1.91. The molecule has 0 aromatic carbocycles. The standard InChI is InChI=1S/C9H14N2O/c1-10(2)6-8-4-5-9(7-12)11(8)3/h4-5,7H,6H2,1-3H3. The smallest absolute Gasteiger partial charge is 0.166 e. The summed E-state index contributed by atoms with van der Waals surface area (Å²) in [5.74, 6) is 0. The van der Waals surface area contributed by atoms with E-state index in [0.717, 1.165) is 24.2 Å². The molecule has 0 amide bonds. The Morgan fingerprint density at radius 2 is 2.17 bits per heavy atom. The van der Waals surface area contributed by atoms with Crippen molar-refractivity contribution in [2.24, 2.45) is 7.05 Å². The molecule has 0 radical (unpaired) electrons. The van der Waals surface area contributed by atoms with E-state index in [1.807, 2.05) is 37.8 Å². The van der Waals surface area contributed by atoms with Crippen molar-refractivity contribution in [2.75, 3.05) is 14.1 Å². The van der Waals surface area contributed by atoms with Gasteiger partial charge in [-0.1, -0.05) is 0 Å². The molecule has 3 nitrogen and oxygen atoms in total. The summed E-state index contributed by atoms with van der Waals surface area (Å²) in [7, 11) is 5.92. The second-order valence-corrected chi connectivity index (χ2v) is 3.16. The molecule has 66 valence electrons. The molecule has 1 aromatic heterocycles. The number of nitrogens with zero attached hydrogens (tertiary/aromatic N) is 2. The largest absolute Gasteiger partial charge is 0.344 e. The average Bonchev–Trinajstić information content (AvgIpc) is 2.32. The van der Waals surface area contributed by atoms with Crippen LogP contribution in [0.4, 0.5) is 0 Å². The monoisotopic (exact) mass is 166 g/mol. The molecule has 0 aliphatic heterocycles. The summed E-state index contributed by atoms with van der Waals surface area (Å²) in [6.45, 7) is 0.865. The molecule has 0 N–H and O–H groups in total. The average molecular weight is 166 g/mol. The molecule has 0 saturated carbocycles. The molecule has 3 heteroatoms. The van der Waals surface area contributed by atoms with Crippen LogP contribution in [0.2, 0.25) is 0 Å². The third-order valence-corrected chi connectivity index (χ3v) is 1.86. The van der Waals surface area contributed by atoms with Crippen LogP contribution in [0.15, 0.2) is 12.1 Å². The van der Waals surface area contributed by atoms with E-state index in [-0.39, 0.29) is 0 Å². The number of hydrogen-bond acceptors (Lipinski definition) is 2. The molecule has 1 rings (SSSR count). The van der Waals surface area contributed by atoms with Gasteiger partial charge in [-0.3, -0.25) is 4.79 Å². The Bertz CT molecular complexity index is 276. The van der Waals surface area contributed by atoms with Gasteiger partial charge in [-0.25, -0.2) is 0 Å². The van der Waals surface area contributed by atoms with Crippen molar-refractivity contribution >= 4 is 6.29 Å². The maximum Gasteiger partial charge on any atom is 0.166 e. The lowest BCUT2D eigenvalue weighted by Gasteiger charge is -2.10. The molecule has 0 bridgehead atoms. The third kappa shape index (κ3) is 1.74. The fourth-order valence-electron chi connectivity index (χ4n) is 1.17. The van der Waals surface area contributed by atoms with Gasteiger partial charge in [-0.2, -0.15) is 0 Å². The number of aldehydes is 1. The molecule has 1 aromatic rings. The van der Waals surface area contributed by atoms with Crippen LogP contribution in [0.5, 0.6) is 0 Å². The number of hydrogen-bond donors (Lipinski definition) is 0. The zero-order chi connectivity index (χ0) is 9.14. The van der Waals surface area contributed by atoms with Crippen LogP contribution in [-0.2, 0) is 13.6 Å². The lowest BCUT2D eigenvalue weighted by molar-refractivity contribution is 0.111. The van der Waals surface area contributed by atoms with E-state index in [9.17, 15) is 4.79 Å². The van der Waals surface area contributed by atoms with Crippen molar-refractivity contribution in [2.45, 2.75) is 6.54 Å². The molecule has 12 heavy (non-hydrogen) atoms. The van der Waals surface area contributed by atoms with Crippen LogP contribution in [0, 0.1) is 0 Å². The molecule has 0 atom stereocenters. The van der Waals surface area contributed by atoms with Gasteiger partial charge in [0, 0.05) is 19.3 Å². The Labute approximate surface area is 72.6 Å². The van der Waals surface area contributed by atoms with Crippen molar-refractivity contribution in [3.05, 3.63) is 23.5 Å². The Kier molecular flexibility index (Phi) is 2.65. The molecular formula is C9H14N2O. The van der Waals surface area contributed by atoms with Crippen molar-refractivity contribution in [3.8, 4) is 0 Å². The molecule has 0 aliphatic rings. The van der Waals surface area contributed by atoms with E-state index in [2.05, 4.69) is 4.90 Å². The normalized spacial score (nSPS) is 10.7. The molecule has 0 unspecified atom stereocenters. The summed E-state index contributed by atoms with van der Waals surface area (Å²) in [5.41, 5.74) is 1.88. The minimum Gasteiger partial charge on any atom is -0.344 e. The maximum atomic E-state index is 10.5. The van der Waals surface area contributed by atoms with Crippen molar-refractivity contribution in [1.29, 1.82) is 0 Å². The zero-order valence-corrected chi connectivity index (χ0v) is 7.74. The summed E-state index contributed by atoms with van der Waals surface area (Å²) >= 11 is 0. The van der Waals surface area contributed by atoms with E-state index in [0.29, 0.717) is 0 Å². The number of carbonyl (C=O) groups excluding carboxylic acids is 1. The van der Waals surface area contributed by atoms with E-state index in [1.54, 1.807) is 0 Å². The minimum atomic E-state index is 0.729. The molecular weight excluding hydrogens is 152 g/mol. The molecule has 0 saturated heterocycles. The van der Waals surface area contributed by atoms with Crippen molar-refractivity contribution in [1.82, 2.24) is 9.47 Å². The third-order valence-electron chi connectivity index (χ3n) is 1.86. The van der Waals surface area contributed by atoms with Gasteiger partial charge in [0.2, 0.25) is 0 Å². The molecule has 0 fully saturated rings. The Morgan fingerprint density at radius 1 is 1.50 bits per heavy atom. The fraction of sp³-hybridized carbons (Fsp3) is 0.444. The molecule has 0 aliphatic carbocycles. The van der Waals surface area contributed by atoms with Crippen LogP contribution in [0.1, 0.15) is 16.2 Å². The summed E-state index contributed by atoms with van der Waals surface area (Å²) in [4.78, 5) is 12.6. The topological polar surface area (TPSA) is 25.2 Å². The Morgan fingerprint density at radius 3 is 2.58 bits per heavy atom. The van der Waals surface area contributed by atoms with Gasteiger partial charge < -0.3 is 9.47 Å². The van der Waals surface area contributed by atoms with Crippen LogP contribution in [0.25, 0.3) is 0 Å². The SMILES string of the molecule is CN(C)Cc1ccc(C=O)n1C. The Hall–Kier alpha value is -1.09. The van der Waals surface area contributed by atoms with Crippen molar-refractivity contribution < 1.29 is 4.79 Å². The van der Waals surface area contributed by atoms with E-state index < -0.39 is 0 Å². The van der Waals surface area contributed by atoms with E-state index in [4.69, 9.17) is 0 Å². The van der Waals surface area contributed by atoms with Gasteiger partial charge in [0.1, 0.15) is 0 Å². The van der Waals surface area contributed by atoms with Crippen LogP contribution < -0.4 is 0 Å². The van der Waals surface area contributed by atoms with E-state index >= 15 is 0 Å². The Balaban J connectivity index is 2.86. The second-order valence-electron chi connectivity index (χ2n) is 3.16. The lowest BCUT2D eigenvalue weighted by atomic mass is 10.4. The van der Waals surface area contributed by atoms with Gasteiger partial charge in [0.25, 0.3) is 0 Å². The zero-order valence-electron chi connectivity index (χ0n) is 7.74. The first-order valence-electron chi connectivity index (χ1n) is 3.89. The second kappa shape index (κ2) is 3.54. The predicted octanol–water partition coefficient (Wildman–Crippen LogP) is 0.899. The predicted molar refractivity (Wildman–Crippen MR) is 48.2 cm³/mol. The van der Waals surface area contributed by atoms with Crippen LogP contribution in [-0.4, -0.2) is 29.8 Å². The lowest BCUT2D eigenvalue weighted by Crippen LogP contribution is -2.13. The van der Waals surface area contributed by atoms with Crippen LogP contribution in [0.3, 0.4) is 0 Å². The highest BCUT2D eigenvalue weighted by Gasteiger charge is 2.03. The van der Waals surface area contributed by atoms with Gasteiger partial charge in [-0.15, -0.1) is 0 Å². The summed E-state index contributed by atoms with van der Waals surface area (Å²) in [5, 5.41) is 0. The van der Waals surface area contributed by atoms with Gasteiger partial charge in [0.05, 0.1) is 5.69 Å².